The molecule has 0 aliphatic heterocycles. The molecule has 3 aromatic rings. The van der Waals surface area contributed by atoms with E-state index in [1.165, 1.54) is 55.9 Å². The molecular formula is C19H15FN4O4. The van der Waals surface area contributed by atoms with Crippen molar-refractivity contribution in [1.82, 2.24) is 9.97 Å². The lowest BCUT2D eigenvalue weighted by atomic mass is 10.1. The number of hydrogen-bond donors (Lipinski definition) is 1. The quantitative estimate of drug-likeness (QED) is 0.517. The lowest BCUT2D eigenvalue weighted by molar-refractivity contribution is -0.385. The first-order chi connectivity index (χ1) is 13.5. The Morgan fingerprint density at radius 1 is 1.21 bits per heavy atom. The number of methoxy groups -OCH3 is 1. The standard InChI is InChI=1S/C19H15FN4O4/c1-28-17-8-12(6-7-14(17)20)15-10-18(22-11-21-15)23-19(25)9-13-4-2-3-5-16(13)24(26)27/h2-8,10-11H,9H2,1H3,(H,21,22,23,25). The van der Waals surface area contributed by atoms with Gasteiger partial charge in [0.05, 0.1) is 24.1 Å². The number of anilines is 1. The summed E-state index contributed by atoms with van der Waals surface area (Å²) in [7, 11) is 1.36. The first-order valence-corrected chi connectivity index (χ1v) is 8.16. The first kappa shape index (κ1) is 18.9. The molecule has 142 valence electrons. The summed E-state index contributed by atoms with van der Waals surface area (Å²) in [6.07, 6.45) is 1.08. The normalized spacial score (nSPS) is 10.4. The molecular weight excluding hydrogens is 367 g/mol. The summed E-state index contributed by atoms with van der Waals surface area (Å²) in [5.41, 5.74) is 1.20. The average Bonchev–Trinajstić information content (AvgIpc) is 2.68. The van der Waals surface area contributed by atoms with Crippen LogP contribution >= 0.6 is 0 Å². The molecule has 0 spiro atoms. The van der Waals surface area contributed by atoms with Crippen molar-refractivity contribution in [2.75, 3.05) is 12.4 Å². The van der Waals surface area contributed by atoms with Crippen LogP contribution in [0.4, 0.5) is 15.9 Å². The van der Waals surface area contributed by atoms with Crippen molar-refractivity contribution in [2.45, 2.75) is 6.42 Å². The van der Waals surface area contributed by atoms with Gasteiger partial charge in [-0.1, -0.05) is 18.2 Å². The number of nitrogens with zero attached hydrogens (tertiary/aromatic N) is 3. The maximum atomic E-state index is 13.6. The van der Waals surface area contributed by atoms with Gasteiger partial charge in [0, 0.05) is 23.3 Å². The van der Waals surface area contributed by atoms with E-state index in [0.29, 0.717) is 16.8 Å². The van der Waals surface area contributed by atoms with Gasteiger partial charge in [0.15, 0.2) is 11.6 Å². The minimum atomic E-state index is -0.534. The van der Waals surface area contributed by atoms with Crippen molar-refractivity contribution >= 4 is 17.4 Å². The zero-order valence-electron chi connectivity index (χ0n) is 14.8. The zero-order chi connectivity index (χ0) is 20.1. The Bertz CT molecular complexity index is 1040. The van der Waals surface area contributed by atoms with E-state index in [2.05, 4.69) is 15.3 Å². The fourth-order valence-electron chi connectivity index (χ4n) is 2.60. The molecule has 3 rings (SSSR count). The highest BCUT2D eigenvalue weighted by Gasteiger charge is 2.16. The molecule has 2 aromatic carbocycles. The second-order valence-electron chi connectivity index (χ2n) is 5.75. The van der Waals surface area contributed by atoms with Crippen molar-refractivity contribution < 1.29 is 18.8 Å². The van der Waals surface area contributed by atoms with E-state index in [1.54, 1.807) is 6.07 Å². The van der Waals surface area contributed by atoms with Crippen LogP contribution in [0.1, 0.15) is 5.56 Å². The maximum absolute atomic E-state index is 13.6. The Balaban J connectivity index is 1.78. The van der Waals surface area contributed by atoms with Gasteiger partial charge in [-0.2, -0.15) is 0 Å². The SMILES string of the molecule is COc1cc(-c2cc(NC(=O)Cc3ccccc3[N+](=O)[O-])ncn2)ccc1F. The van der Waals surface area contributed by atoms with E-state index in [0.717, 1.165) is 0 Å². The summed E-state index contributed by atoms with van der Waals surface area (Å²) in [6.45, 7) is 0. The Labute approximate surface area is 159 Å². The van der Waals surface area contributed by atoms with E-state index < -0.39 is 16.6 Å². The predicted octanol–water partition coefficient (Wildman–Crippen LogP) is 3.38. The van der Waals surface area contributed by atoms with Crippen LogP contribution in [0, 0.1) is 15.9 Å². The van der Waals surface area contributed by atoms with Crippen LogP contribution in [-0.2, 0) is 11.2 Å². The van der Waals surface area contributed by atoms with Crippen LogP contribution in [0.25, 0.3) is 11.3 Å². The van der Waals surface area contributed by atoms with E-state index >= 15 is 0 Å². The minimum Gasteiger partial charge on any atom is -0.494 e. The maximum Gasteiger partial charge on any atom is 0.273 e. The lowest BCUT2D eigenvalue weighted by Crippen LogP contribution is -2.16. The predicted molar refractivity (Wildman–Crippen MR) is 99.4 cm³/mol. The number of carbonyl (C=O) groups excluding carboxylic acids is 1. The highest BCUT2D eigenvalue weighted by Crippen LogP contribution is 2.26. The molecule has 0 bridgehead atoms. The Kier molecular flexibility index (Phi) is 5.54. The third-order valence-electron chi connectivity index (χ3n) is 3.92. The second-order valence-corrected chi connectivity index (χ2v) is 5.75. The molecule has 0 unspecified atom stereocenters. The van der Waals surface area contributed by atoms with Crippen molar-refractivity contribution in [2.24, 2.45) is 0 Å². The van der Waals surface area contributed by atoms with E-state index in [9.17, 15) is 19.3 Å². The summed E-state index contributed by atoms with van der Waals surface area (Å²) in [5.74, 6) is -0.677. The molecule has 0 saturated carbocycles. The van der Waals surface area contributed by atoms with Gasteiger partial charge >= 0.3 is 0 Å². The number of ether oxygens (including phenoxy) is 1. The smallest absolute Gasteiger partial charge is 0.273 e. The van der Waals surface area contributed by atoms with Crippen LogP contribution in [-0.4, -0.2) is 27.9 Å². The number of nitrogens with one attached hydrogen (secondary N) is 1. The number of carbonyl (C=O) groups is 1. The molecule has 1 heterocycles. The summed E-state index contributed by atoms with van der Waals surface area (Å²) in [4.78, 5) is 30.9. The van der Waals surface area contributed by atoms with Gasteiger partial charge in [0.1, 0.15) is 12.1 Å². The van der Waals surface area contributed by atoms with Gasteiger partial charge in [0.2, 0.25) is 5.91 Å². The summed E-state index contributed by atoms with van der Waals surface area (Å²) in [6, 6.07) is 11.8. The van der Waals surface area contributed by atoms with Crippen molar-refractivity contribution in [1.29, 1.82) is 0 Å². The van der Waals surface area contributed by atoms with Crippen LogP contribution in [0.15, 0.2) is 54.9 Å². The topological polar surface area (TPSA) is 107 Å². The second kappa shape index (κ2) is 8.21. The van der Waals surface area contributed by atoms with Gasteiger partial charge < -0.3 is 10.1 Å². The average molecular weight is 382 g/mol. The molecule has 0 atom stereocenters. The summed E-state index contributed by atoms with van der Waals surface area (Å²) in [5, 5.41) is 13.6. The third-order valence-corrected chi connectivity index (χ3v) is 3.92. The summed E-state index contributed by atoms with van der Waals surface area (Å²) < 4.78 is 18.5. The first-order valence-electron chi connectivity index (χ1n) is 8.16. The highest BCUT2D eigenvalue weighted by atomic mass is 19.1. The molecule has 0 fully saturated rings. The molecule has 0 aliphatic rings. The van der Waals surface area contributed by atoms with Crippen LogP contribution < -0.4 is 10.1 Å². The van der Waals surface area contributed by atoms with Crippen LogP contribution in [0.5, 0.6) is 5.75 Å². The van der Waals surface area contributed by atoms with Gasteiger partial charge in [-0.3, -0.25) is 14.9 Å². The largest absolute Gasteiger partial charge is 0.494 e. The van der Waals surface area contributed by atoms with Gasteiger partial charge in [0.25, 0.3) is 5.69 Å². The lowest BCUT2D eigenvalue weighted by Gasteiger charge is -2.08. The van der Waals surface area contributed by atoms with Crippen LogP contribution in [0.2, 0.25) is 0 Å². The number of halogens is 1. The molecule has 1 amide bonds. The third kappa shape index (κ3) is 4.26. The molecule has 8 nitrogen and oxygen atoms in total. The number of para-hydroxylation sites is 1. The van der Waals surface area contributed by atoms with Crippen molar-refractivity contribution in [3.05, 3.63) is 76.4 Å². The van der Waals surface area contributed by atoms with Crippen LogP contribution in [0.3, 0.4) is 0 Å². The number of aromatic nitrogens is 2. The Morgan fingerprint density at radius 2 is 2.00 bits per heavy atom. The monoisotopic (exact) mass is 382 g/mol. The van der Waals surface area contributed by atoms with Gasteiger partial charge in [-0.25, -0.2) is 14.4 Å². The molecule has 0 radical (unpaired) electrons. The van der Waals surface area contributed by atoms with E-state index in [4.69, 9.17) is 4.74 Å². The fraction of sp³-hybridized carbons (Fsp3) is 0.105. The summed E-state index contributed by atoms with van der Waals surface area (Å²) >= 11 is 0. The number of hydrogen-bond acceptors (Lipinski definition) is 6. The Hall–Kier alpha value is -3.88. The van der Waals surface area contributed by atoms with Crippen molar-refractivity contribution in [3.8, 4) is 17.0 Å². The highest BCUT2D eigenvalue weighted by molar-refractivity contribution is 5.92. The molecule has 0 saturated heterocycles. The number of nitro benzene ring substituents is 1. The fourth-order valence-corrected chi connectivity index (χ4v) is 2.60. The molecule has 1 aromatic heterocycles. The number of benzene rings is 2. The van der Waals surface area contributed by atoms with Crippen molar-refractivity contribution in [3.63, 3.8) is 0 Å². The molecule has 28 heavy (non-hydrogen) atoms. The van der Waals surface area contributed by atoms with Gasteiger partial charge in [-0.05, 0) is 18.2 Å². The van der Waals surface area contributed by atoms with E-state index in [1.807, 2.05) is 0 Å². The molecule has 9 heteroatoms. The minimum absolute atomic E-state index is 0.0677. The number of rotatable bonds is 6. The molecule has 1 N–H and O–H groups in total. The number of nitro groups is 1. The van der Waals surface area contributed by atoms with E-state index in [-0.39, 0.29) is 23.7 Å². The molecule has 0 aliphatic carbocycles. The number of amides is 1. The Morgan fingerprint density at radius 3 is 2.75 bits per heavy atom. The van der Waals surface area contributed by atoms with Gasteiger partial charge in [-0.15, -0.1) is 0 Å². The zero-order valence-corrected chi connectivity index (χ0v) is 14.8.